The van der Waals surface area contributed by atoms with E-state index >= 15 is 0 Å². The average molecular weight is 315 g/mol. The lowest BCUT2D eigenvalue weighted by Crippen LogP contribution is -2.46. The number of carbonyl (C=O) groups excluding carboxylic acids is 2. The standard InChI is InChI=1S/C17H21N3O3/c1-10(2)18-15(21)12(4)19-16(22)14-11(3)20-17(23-14)13-8-6-5-7-9-13/h5-10,12H,1-4H3,(H,18,21)(H,19,22)/t12-/m0/s1. The Bertz CT molecular complexity index is 692. The second kappa shape index (κ2) is 7.09. The van der Waals surface area contributed by atoms with Gasteiger partial charge in [-0.25, -0.2) is 4.98 Å². The van der Waals surface area contributed by atoms with Gasteiger partial charge < -0.3 is 15.1 Å². The number of benzene rings is 1. The molecule has 6 nitrogen and oxygen atoms in total. The van der Waals surface area contributed by atoms with E-state index in [-0.39, 0.29) is 17.7 Å². The highest BCUT2D eigenvalue weighted by Gasteiger charge is 2.22. The minimum Gasteiger partial charge on any atom is -0.431 e. The average Bonchev–Trinajstić information content (AvgIpc) is 2.89. The van der Waals surface area contributed by atoms with Crippen LogP contribution in [0.2, 0.25) is 0 Å². The summed E-state index contributed by atoms with van der Waals surface area (Å²) in [5, 5.41) is 5.37. The van der Waals surface area contributed by atoms with Crippen LogP contribution < -0.4 is 10.6 Å². The smallest absolute Gasteiger partial charge is 0.289 e. The molecule has 0 saturated heterocycles. The Hall–Kier alpha value is -2.63. The van der Waals surface area contributed by atoms with Gasteiger partial charge in [-0.15, -0.1) is 0 Å². The van der Waals surface area contributed by atoms with Crippen molar-refractivity contribution in [3.8, 4) is 11.5 Å². The van der Waals surface area contributed by atoms with Crippen LogP contribution in [0.3, 0.4) is 0 Å². The zero-order chi connectivity index (χ0) is 17.0. The maximum absolute atomic E-state index is 12.3. The van der Waals surface area contributed by atoms with Crippen molar-refractivity contribution in [2.75, 3.05) is 0 Å². The molecular formula is C17H21N3O3. The third-order valence-electron chi connectivity index (χ3n) is 3.20. The molecule has 1 heterocycles. The number of rotatable bonds is 5. The van der Waals surface area contributed by atoms with Gasteiger partial charge in [0.1, 0.15) is 6.04 Å². The molecule has 0 aliphatic carbocycles. The number of aryl methyl sites for hydroxylation is 1. The van der Waals surface area contributed by atoms with Gasteiger partial charge in [0.2, 0.25) is 17.6 Å². The van der Waals surface area contributed by atoms with E-state index in [1.54, 1.807) is 13.8 Å². The summed E-state index contributed by atoms with van der Waals surface area (Å²) in [5.41, 5.74) is 1.28. The lowest BCUT2D eigenvalue weighted by atomic mass is 10.2. The van der Waals surface area contributed by atoms with Gasteiger partial charge in [0, 0.05) is 11.6 Å². The summed E-state index contributed by atoms with van der Waals surface area (Å²) in [7, 11) is 0. The topological polar surface area (TPSA) is 84.2 Å². The number of amides is 2. The fourth-order valence-electron chi connectivity index (χ4n) is 2.05. The molecule has 2 amide bonds. The SMILES string of the molecule is Cc1nc(-c2ccccc2)oc1C(=O)N[C@@H](C)C(=O)NC(C)C. The second-order valence-corrected chi connectivity index (χ2v) is 5.66. The summed E-state index contributed by atoms with van der Waals surface area (Å²) in [6.07, 6.45) is 0. The number of nitrogens with one attached hydrogen (secondary N) is 2. The van der Waals surface area contributed by atoms with Crippen LogP contribution in [0.25, 0.3) is 11.5 Å². The van der Waals surface area contributed by atoms with E-state index in [1.165, 1.54) is 0 Å². The molecule has 0 radical (unpaired) electrons. The second-order valence-electron chi connectivity index (χ2n) is 5.66. The predicted octanol–water partition coefficient (Wildman–Crippen LogP) is 2.29. The molecule has 23 heavy (non-hydrogen) atoms. The van der Waals surface area contributed by atoms with Crippen molar-refractivity contribution in [2.45, 2.75) is 39.8 Å². The van der Waals surface area contributed by atoms with Crippen molar-refractivity contribution >= 4 is 11.8 Å². The number of aromatic nitrogens is 1. The van der Waals surface area contributed by atoms with Crippen LogP contribution in [0, 0.1) is 6.92 Å². The Morgan fingerprint density at radius 3 is 2.35 bits per heavy atom. The largest absolute Gasteiger partial charge is 0.431 e. The molecule has 0 aliphatic heterocycles. The third kappa shape index (κ3) is 4.18. The zero-order valence-electron chi connectivity index (χ0n) is 13.7. The molecular weight excluding hydrogens is 294 g/mol. The molecule has 0 fully saturated rings. The summed E-state index contributed by atoms with van der Waals surface area (Å²) in [6, 6.07) is 8.69. The molecule has 0 aliphatic rings. The monoisotopic (exact) mass is 315 g/mol. The van der Waals surface area contributed by atoms with E-state index in [2.05, 4.69) is 15.6 Å². The van der Waals surface area contributed by atoms with E-state index in [9.17, 15) is 9.59 Å². The Labute approximate surface area is 135 Å². The van der Waals surface area contributed by atoms with Crippen molar-refractivity contribution in [1.29, 1.82) is 0 Å². The van der Waals surface area contributed by atoms with Gasteiger partial charge in [-0.3, -0.25) is 9.59 Å². The Morgan fingerprint density at radius 1 is 1.09 bits per heavy atom. The first kappa shape index (κ1) is 16.7. The minimum absolute atomic E-state index is 0.0125. The zero-order valence-corrected chi connectivity index (χ0v) is 13.7. The van der Waals surface area contributed by atoms with Crippen LogP contribution in [0.4, 0.5) is 0 Å². The van der Waals surface area contributed by atoms with Crippen LogP contribution in [0.15, 0.2) is 34.7 Å². The molecule has 1 aromatic carbocycles. The highest BCUT2D eigenvalue weighted by atomic mass is 16.4. The van der Waals surface area contributed by atoms with Gasteiger partial charge in [0.25, 0.3) is 5.91 Å². The quantitative estimate of drug-likeness (QED) is 0.886. The van der Waals surface area contributed by atoms with Crippen LogP contribution in [-0.2, 0) is 4.79 Å². The van der Waals surface area contributed by atoms with Gasteiger partial charge in [0.15, 0.2) is 0 Å². The Morgan fingerprint density at radius 2 is 1.74 bits per heavy atom. The summed E-state index contributed by atoms with van der Waals surface area (Å²) in [4.78, 5) is 28.4. The fraction of sp³-hybridized carbons (Fsp3) is 0.353. The molecule has 0 bridgehead atoms. The third-order valence-corrected chi connectivity index (χ3v) is 3.20. The van der Waals surface area contributed by atoms with Crippen molar-refractivity contribution < 1.29 is 14.0 Å². The lowest BCUT2D eigenvalue weighted by molar-refractivity contribution is -0.123. The molecule has 0 unspecified atom stereocenters. The van der Waals surface area contributed by atoms with E-state index in [0.29, 0.717) is 11.6 Å². The van der Waals surface area contributed by atoms with Gasteiger partial charge in [0.05, 0.1) is 5.69 Å². The number of carbonyl (C=O) groups is 2. The lowest BCUT2D eigenvalue weighted by Gasteiger charge is -2.15. The summed E-state index contributed by atoms with van der Waals surface area (Å²) in [6.45, 7) is 7.04. The van der Waals surface area contributed by atoms with Crippen LogP contribution in [0.1, 0.15) is 37.0 Å². The number of nitrogens with zero attached hydrogens (tertiary/aromatic N) is 1. The van der Waals surface area contributed by atoms with Crippen molar-refractivity contribution in [2.24, 2.45) is 0 Å². The van der Waals surface area contributed by atoms with E-state index in [0.717, 1.165) is 5.56 Å². The summed E-state index contributed by atoms with van der Waals surface area (Å²) >= 11 is 0. The van der Waals surface area contributed by atoms with Crippen LogP contribution in [0.5, 0.6) is 0 Å². The van der Waals surface area contributed by atoms with Crippen LogP contribution >= 0.6 is 0 Å². The van der Waals surface area contributed by atoms with Gasteiger partial charge >= 0.3 is 0 Å². The van der Waals surface area contributed by atoms with E-state index < -0.39 is 11.9 Å². The van der Waals surface area contributed by atoms with E-state index in [1.807, 2.05) is 44.2 Å². The first-order valence-corrected chi connectivity index (χ1v) is 7.52. The predicted molar refractivity (Wildman–Crippen MR) is 86.9 cm³/mol. The van der Waals surface area contributed by atoms with Gasteiger partial charge in [-0.2, -0.15) is 0 Å². The minimum atomic E-state index is -0.658. The molecule has 1 aromatic heterocycles. The maximum atomic E-state index is 12.3. The normalized spacial score (nSPS) is 12.0. The first-order chi connectivity index (χ1) is 10.9. The van der Waals surface area contributed by atoms with Crippen molar-refractivity contribution in [3.63, 3.8) is 0 Å². The molecule has 2 aromatic rings. The summed E-state index contributed by atoms with van der Waals surface area (Å²) < 4.78 is 5.57. The van der Waals surface area contributed by atoms with Crippen molar-refractivity contribution in [1.82, 2.24) is 15.6 Å². The number of hydrogen-bond acceptors (Lipinski definition) is 4. The van der Waals surface area contributed by atoms with E-state index in [4.69, 9.17) is 4.42 Å². The molecule has 0 spiro atoms. The molecule has 0 saturated carbocycles. The number of oxazole rings is 1. The molecule has 1 atom stereocenters. The molecule has 6 heteroatoms. The van der Waals surface area contributed by atoms with Gasteiger partial charge in [-0.1, -0.05) is 18.2 Å². The highest BCUT2D eigenvalue weighted by Crippen LogP contribution is 2.21. The van der Waals surface area contributed by atoms with Crippen molar-refractivity contribution in [3.05, 3.63) is 41.8 Å². The van der Waals surface area contributed by atoms with Crippen LogP contribution in [-0.4, -0.2) is 28.9 Å². The fourth-order valence-corrected chi connectivity index (χ4v) is 2.05. The highest BCUT2D eigenvalue weighted by molar-refractivity contribution is 5.96. The molecule has 2 rings (SSSR count). The summed E-state index contributed by atoms with van der Waals surface area (Å²) in [5.74, 6) is -0.196. The number of hydrogen-bond donors (Lipinski definition) is 2. The Kier molecular flexibility index (Phi) is 5.16. The molecule has 2 N–H and O–H groups in total. The maximum Gasteiger partial charge on any atom is 0.289 e. The first-order valence-electron chi connectivity index (χ1n) is 7.52. The Balaban J connectivity index is 2.11. The molecule has 122 valence electrons. The van der Waals surface area contributed by atoms with Gasteiger partial charge in [-0.05, 0) is 39.8 Å².